The molecule has 0 atom stereocenters. The van der Waals surface area contributed by atoms with E-state index in [1.807, 2.05) is 0 Å². The number of alkyl halides is 1. The first kappa shape index (κ1) is 10.8. The number of halogens is 1. The van der Waals surface area contributed by atoms with E-state index in [1.165, 1.54) is 55.2 Å². The molecule has 82 valence electrons. The van der Waals surface area contributed by atoms with Gasteiger partial charge in [-0.1, -0.05) is 0 Å². The molecular weight excluding hydrogens is 285 g/mol. The Kier molecular flexibility index (Phi) is 3.40. The molecule has 0 aromatic rings. The summed E-state index contributed by atoms with van der Waals surface area (Å²) < 4.78 is 4.11. The predicted molar refractivity (Wildman–Crippen MR) is 56.5 cm³/mol. The molecule has 2 fully saturated rings. The van der Waals surface area contributed by atoms with Crippen molar-refractivity contribution in [2.75, 3.05) is 11.0 Å². The average molecular weight is 306 g/mol. The number of nitrogens with zero attached hydrogens (tertiary/aromatic N) is 1. The fourth-order valence-electron chi connectivity index (χ4n) is 2.71. The SMILES string of the molecule is C=C(C)N1CC2(CCCCC2)CC[I-]1. The molecule has 0 unspecified atom stereocenters. The predicted octanol–water partition coefficient (Wildman–Crippen LogP) is 0.180. The fourth-order valence-corrected chi connectivity index (χ4v) is 6.22. The van der Waals surface area contributed by atoms with E-state index < -0.39 is 0 Å². The van der Waals surface area contributed by atoms with E-state index in [-0.39, 0.29) is 21.5 Å². The van der Waals surface area contributed by atoms with Crippen molar-refractivity contribution in [3.05, 3.63) is 12.3 Å². The van der Waals surface area contributed by atoms with Gasteiger partial charge in [0, 0.05) is 0 Å². The van der Waals surface area contributed by atoms with E-state index in [0.29, 0.717) is 5.41 Å². The number of hydrogen-bond donors (Lipinski definition) is 0. The van der Waals surface area contributed by atoms with Gasteiger partial charge in [-0.25, -0.2) is 0 Å². The van der Waals surface area contributed by atoms with Crippen molar-refractivity contribution >= 4 is 0 Å². The summed E-state index contributed by atoms with van der Waals surface area (Å²) in [6.45, 7) is 7.64. The topological polar surface area (TPSA) is 3.24 Å². The van der Waals surface area contributed by atoms with E-state index in [4.69, 9.17) is 0 Å². The van der Waals surface area contributed by atoms with Gasteiger partial charge in [0.15, 0.2) is 0 Å². The van der Waals surface area contributed by atoms with Gasteiger partial charge >= 0.3 is 98.7 Å². The molecule has 1 saturated carbocycles. The van der Waals surface area contributed by atoms with Gasteiger partial charge in [0.05, 0.1) is 0 Å². The van der Waals surface area contributed by atoms with Crippen molar-refractivity contribution in [1.82, 2.24) is 3.11 Å². The van der Waals surface area contributed by atoms with E-state index in [9.17, 15) is 0 Å². The minimum atomic E-state index is 0.289. The monoisotopic (exact) mass is 306 g/mol. The molecule has 0 aromatic heterocycles. The van der Waals surface area contributed by atoms with Crippen molar-refractivity contribution in [2.24, 2.45) is 5.41 Å². The summed E-state index contributed by atoms with van der Waals surface area (Å²) in [6.07, 6.45) is 8.92. The summed E-state index contributed by atoms with van der Waals surface area (Å²) in [4.78, 5) is 0. The maximum atomic E-state index is 4.11. The quantitative estimate of drug-likeness (QED) is 0.379. The molecule has 1 spiro atoms. The number of rotatable bonds is 1. The van der Waals surface area contributed by atoms with E-state index in [1.54, 1.807) is 0 Å². The Balaban J connectivity index is 2.01. The van der Waals surface area contributed by atoms with Gasteiger partial charge in [0.1, 0.15) is 0 Å². The van der Waals surface area contributed by atoms with E-state index in [0.717, 1.165) is 0 Å². The fraction of sp³-hybridized carbons (Fsp3) is 0.833. The van der Waals surface area contributed by atoms with Crippen LogP contribution in [0, 0.1) is 5.41 Å². The summed E-state index contributed by atoms with van der Waals surface area (Å²) in [6, 6.07) is 0. The van der Waals surface area contributed by atoms with Crippen LogP contribution in [0.4, 0.5) is 0 Å². The van der Waals surface area contributed by atoms with Gasteiger partial charge in [-0.2, -0.15) is 0 Å². The van der Waals surface area contributed by atoms with Crippen molar-refractivity contribution in [1.29, 1.82) is 0 Å². The number of allylic oxidation sites excluding steroid dienone is 1. The molecule has 2 aliphatic rings. The molecule has 0 aromatic carbocycles. The zero-order valence-corrected chi connectivity index (χ0v) is 11.3. The van der Waals surface area contributed by atoms with Crippen LogP contribution in [0.3, 0.4) is 0 Å². The molecule has 1 aliphatic heterocycles. The molecule has 0 radical (unpaired) electrons. The molecule has 0 bridgehead atoms. The minimum absolute atomic E-state index is 0.289. The Hall–Kier alpha value is 0.270. The van der Waals surface area contributed by atoms with Crippen LogP contribution in [0.25, 0.3) is 0 Å². The summed E-state index contributed by atoms with van der Waals surface area (Å²) in [5, 5.41) is 0. The second-order valence-electron chi connectivity index (χ2n) is 4.87. The van der Waals surface area contributed by atoms with Gasteiger partial charge in [-0.15, -0.1) is 0 Å². The molecule has 1 saturated heterocycles. The normalized spacial score (nSPS) is 27.1. The maximum absolute atomic E-state index is 4.11. The molecule has 2 rings (SSSR count). The molecule has 0 N–H and O–H groups in total. The third kappa shape index (κ3) is 2.26. The Morgan fingerprint density at radius 1 is 1.21 bits per heavy atom. The third-order valence-corrected chi connectivity index (χ3v) is 6.67. The second kappa shape index (κ2) is 4.42. The van der Waals surface area contributed by atoms with Crippen LogP contribution < -0.4 is 21.5 Å². The first-order chi connectivity index (χ1) is 6.72. The Bertz CT molecular complexity index is 213. The van der Waals surface area contributed by atoms with Crippen LogP contribution in [-0.4, -0.2) is 14.1 Å². The van der Waals surface area contributed by atoms with Crippen molar-refractivity contribution in [3.8, 4) is 0 Å². The second-order valence-corrected chi connectivity index (χ2v) is 7.80. The van der Waals surface area contributed by atoms with Crippen LogP contribution in [-0.2, 0) is 0 Å². The Labute approximate surface area is 98.6 Å². The van der Waals surface area contributed by atoms with Gasteiger partial charge in [0.2, 0.25) is 0 Å². The zero-order valence-electron chi connectivity index (χ0n) is 9.19. The molecule has 1 nitrogen and oxygen atoms in total. The van der Waals surface area contributed by atoms with Crippen LogP contribution in [0.2, 0.25) is 0 Å². The molecule has 2 heteroatoms. The first-order valence-electron chi connectivity index (χ1n) is 5.74. The standard InChI is InChI=1S/C12H21IN/c1-11(2)14-10-12(8-9-13-14)6-4-3-5-7-12/h1,3-10H2,2H3/q-1. The van der Waals surface area contributed by atoms with Crippen molar-refractivity contribution in [2.45, 2.75) is 45.4 Å². The van der Waals surface area contributed by atoms with E-state index >= 15 is 0 Å². The van der Waals surface area contributed by atoms with Gasteiger partial charge < -0.3 is 0 Å². The van der Waals surface area contributed by atoms with Crippen molar-refractivity contribution in [3.63, 3.8) is 0 Å². The number of hydrogen-bond acceptors (Lipinski definition) is 1. The van der Waals surface area contributed by atoms with Crippen LogP contribution >= 0.6 is 0 Å². The molecular formula is C12H21IN-. The molecule has 0 amide bonds. The van der Waals surface area contributed by atoms with Gasteiger partial charge in [-0.3, -0.25) is 0 Å². The summed E-state index contributed by atoms with van der Waals surface area (Å²) in [5.41, 5.74) is 2.03. The average Bonchev–Trinajstić information content (AvgIpc) is 2.19. The van der Waals surface area contributed by atoms with E-state index in [2.05, 4.69) is 16.6 Å². The Morgan fingerprint density at radius 3 is 2.57 bits per heavy atom. The molecule has 1 aliphatic carbocycles. The van der Waals surface area contributed by atoms with Gasteiger partial charge in [0.25, 0.3) is 0 Å². The summed E-state index contributed by atoms with van der Waals surface area (Å²) in [7, 11) is 0. The summed E-state index contributed by atoms with van der Waals surface area (Å²) in [5.74, 6) is 0. The van der Waals surface area contributed by atoms with Crippen LogP contribution in [0.5, 0.6) is 0 Å². The third-order valence-electron chi connectivity index (χ3n) is 3.66. The van der Waals surface area contributed by atoms with Crippen molar-refractivity contribution < 1.29 is 21.5 Å². The van der Waals surface area contributed by atoms with Crippen LogP contribution in [0.1, 0.15) is 45.4 Å². The Morgan fingerprint density at radius 2 is 1.93 bits per heavy atom. The molecule has 14 heavy (non-hydrogen) atoms. The first-order valence-corrected chi connectivity index (χ1v) is 8.23. The molecule has 1 heterocycles. The summed E-state index contributed by atoms with van der Waals surface area (Å²) >= 11 is 0.289. The van der Waals surface area contributed by atoms with Gasteiger partial charge in [-0.05, 0) is 0 Å². The van der Waals surface area contributed by atoms with Crippen LogP contribution in [0.15, 0.2) is 12.3 Å². The zero-order chi connectivity index (χ0) is 10.0.